The Bertz CT molecular complexity index is 765. The van der Waals surface area contributed by atoms with Crippen molar-refractivity contribution in [3.8, 4) is 11.8 Å². The van der Waals surface area contributed by atoms with Gasteiger partial charge in [0.2, 0.25) is 0 Å². The minimum absolute atomic E-state index is 0.583. The summed E-state index contributed by atoms with van der Waals surface area (Å²) in [6.45, 7) is 2.27. The summed E-state index contributed by atoms with van der Waals surface area (Å²) in [7, 11) is 0. The van der Waals surface area contributed by atoms with Gasteiger partial charge in [-0.2, -0.15) is 13.2 Å². The Morgan fingerprint density at radius 1 is 0.808 bits per heavy atom. The Morgan fingerprint density at radius 3 is 1.77 bits per heavy atom. The lowest BCUT2D eigenvalue weighted by molar-refractivity contribution is -0.137. The molecular weight excluding hydrogens is 333 g/mol. The Labute approximate surface area is 153 Å². The molecule has 0 radical (unpaired) electrons. The van der Waals surface area contributed by atoms with Crippen LogP contribution >= 0.6 is 0 Å². The summed E-state index contributed by atoms with van der Waals surface area (Å²) in [4.78, 5) is 0. The van der Waals surface area contributed by atoms with Gasteiger partial charge in [0, 0.05) is 11.1 Å². The minimum atomic E-state index is -4.31. The van der Waals surface area contributed by atoms with Gasteiger partial charge in [0.25, 0.3) is 0 Å². The van der Waals surface area contributed by atoms with Crippen LogP contribution in [0.2, 0.25) is 0 Å². The summed E-state index contributed by atoms with van der Waals surface area (Å²) in [6, 6.07) is 13.3. The van der Waals surface area contributed by atoms with Crippen molar-refractivity contribution in [2.24, 2.45) is 5.92 Å². The first kappa shape index (κ1) is 18.6. The van der Waals surface area contributed by atoms with Crippen molar-refractivity contribution in [1.29, 1.82) is 0 Å². The van der Waals surface area contributed by atoms with E-state index in [1.807, 2.05) is 12.1 Å². The molecule has 0 aromatic heterocycles. The molecule has 136 valence electrons. The van der Waals surface area contributed by atoms with E-state index in [0.717, 1.165) is 23.6 Å². The van der Waals surface area contributed by atoms with Gasteiger partial charge in [-0.3, -0.25) is 0 Å². The normalized spacial score (nSPS) is 20.3. The highest BCUT2D eigenvalue weighted by Gasteiger charge is 2.29. The first-order valence-electron chi connectivity index (χ1n) is 9.25. The molecule has 1 aliphatic carbocycles. The zero-order valence-electron chi connectivity index (χ0n) is 14.9. The van der Waals surface area contributed by atoms with Crippen molar-refractivity contribution in [3.63, 3.8) is 0 Å². The number of hydrogen-bond donors (Lipinski definition) is 0. The van der Waals surface area contributed by atoms with E-state index >= 15 is 0 Å². The first-order valence-corrected chi connectivity index (χ1v) is 9.25. The molecule has 0 saturated heterocycles. The maximum absolute atomic E-state index is 12.6. The van der Waals surface area contributed by atoms with Crippen LogP contribution in [0.4, 0.5) is 13.2 Å². The molecular formula is C23H23F3. The lowest BCUT2D eigenvalue weighted by atomic mass is 9.78. The molecule has 3 heteroatoms. The molecule has 0 nitrogen and oxygen atoms in total. The Balaban J connectivity index is 1.64. The van der Waals surface area contributed by atoms with Gasteiger partial charge in [-0.25, -0.2) is 0 Å². The van der Waals surface area contributed by atoms with Crippen molar-refractivity contribution >= 4 is 0 Å². The van der Waals surface area contributed by atoms with E-state index in [2.05, 4.69) is 30.9 Å². The molecule has 3 rings (SSSR count). The molecule has 2 aromatic carbocycles. The van der Waals surface area contributed by atoms with E-state index in [4.69, 9.17) is 0 Å². The summed E-state index contributed by atoms with van der Waals surface area (Å²) < 4.78 is 37.7. The third kappa shape index (κ3) is 4.69. The van der Waals surface area contributed by atoms with Crippen molar-refractivity contribution in [2.45, 2.75) is 51.1 Å². The van der Waals surface area contributed by atoms with Gasteiger partial charge in [-0.15, -0.1) is 0 Å². The van der Waals surface area contributed by atoms with Gasteiger partial charge >= 0.3 is 6.18 Å². The summed E-state index contributed by atoms with van der Waals surface area (Å²) in [5, 5.41) is 0. The van der Waals surface area contributed by atoms with Gasteiger partial charge in [0.05, 0.1) is 5.56 Å². The third-order valence-corrected chi connectivity index (χ3v) is 5.37. The summed E-state index contributed by atoms with van der Waals surface area (Å²) in [5.74, 6) is 7.51. The third-order valence-electron chi connectivity index (χ3n) is 5.37. The lowest BCUT2D eigenvalue weighted by Crippen LogP contribution is -2.12. The average Bonchev–Trinajstić information content (AvgIpc) is 2.66. The second-order valence-electron chi connectivity index (χ2n) is 7.07. The zero-order chi connectivity index (χ0) is 18.6. The van der Waals surface area contributed by atoms with E-state index in [9.17, 15) is 13.2 Å². The Kier molecular flexibility index (Phi) is 5.71. The number of halogens is 3. The summed E-state index contributed by atoms with van der Waals surface area (Å²) >= 11 is 0. The van der Waals surface area contributed by atoms with Gasteiger partial charge in [0.15, 0.2) is 0 Å². The summed E-state index contributed by atoms with van der Waals surface area (Å²) in [6.07, 6.45) is 2.13. The van der Waals surface area contributed by atoms with E-state index in [1.54, 1.807) is 0 Å². The molecule has 0 amide bonds. The van der Waals surface area contributed by atoms with Crippen LogP contribution in [0.5, 0.6) is 0 Å². The van der Waals surface area contributed by atoms with Crippen molar-refractivity contribution in [2.75, 3.05) is 0 Å². The first-order chi connectivity index (χ1) is 12.5. The molecule has 0 heterocycles. The molecule has 1 aliphatic rings. The minimum Gasteiger partial charge on any atom is -0.166 e. The highest BCUT2D eigenvalue weighted by Crippen LogP contribution is 2.36. The van der Waals surface area contributed by atoms with Crippen LogP contribution in [0.25, 0.3) is 0 Å². The van der Waals surface area contributed by atoms with Crippen molar-refractivity contribution < 1.29 is 13.2 Å². The second kappa shape index (κ2) is 7.99. The van der Waals surface area contributed by atoms with Gasteiger partial charge in [-0.1, -0.05) is 37.3 Å². The largest absolute Gasteiger partial charge is 0.416 e. The zero-order valence-corrected chi connectivity index (χ0v) is 14.9. The molecule has 0 unspecified atom stereocenters. The van der Waals surface area contributed by atoms with Gasteiger partial charge in [0.1, 0.15) is 0 Å². The maximum Gasteiger partial charge on any atom is 0.416 e. The van der Waals surface area contributed by atoms with Gasteiger partial charge < -0.3 is 0 Å². The molecule has 1 fully saturated rings. The molecule has 26 heavy (non-hydrogen) atoms. The number of hydrogen-bond acceptors (Lipinski definition) is 0. The Hall–Kier alpha value is -2.21. The fraction of sp³-hybridized carbons (Fsp3) is 0.391. The van der Waals surface area contributed by atoms with E-state index in [-0.39, 0.29) is 0 Å². The molecule has 0 aliphatic heterocycles. The predicted octanol–water partition coefficient (Wildman–Crippen LogP) is 6.79. The van der Waals surface area contributed by atoms with Crippen LogP contribution in [-0.2, 0) is 6.18 Å². The quantitative estimate of drug-likeness (QED) is 0.520. The van der Waals surface area contributed by atoms with E-state index < -0.39 is 11.7 Å². The van der Waals surface area contributed by atoms with Crippen LogP contribution in [0, 0.1) is 17.8 Å². The second-order valence-corrected chi connectivity index (χ2v) is 7.07. The maximum atomic E-state index is 12.6. The molecule has 0 N–H and O–H groups in total. The molecule has 0 bridgehead atoms. The standard InChI is InChI=1S/C23H23F3/c1-2-17-5-11-20(12-6-17)21-13-7-18(8-14-21)3-4-19-9-15-22(16-10-19)23(24,25)26/h7-10,13-17,20H,2,5-6,11-12H2,1H3. The summed E-state index contributed by atoms with van der Waals surface area (Å²) in [5.41, 5.74) is 2.20. The van der Waals surface area contributed by atoms with E-state index in [1.165, 1.54) is 49.8 Å². The molecule has 0 spiro atoms. The Morgan fingerprint density at radius 2 is 1.31 bits per heavy atom. The lowest BCUT2D eigenvalue weighted by Gasteiger charge is -2.28. The molecule has 1 saturated carbocycles. The topological polar surface area (TPSA) is 0 Å². The van der Waals surface area contributed by atoms with Crippen LogP contribution < -0.4 is 0 Å². The molecule has 0 atom stereocenters. The van der Waals surface area contributed by atoms with Crippen LogP contribution in [0.3, 0.4) is 0 Å². The number of rotatable bonds is 2. The SMILES string of the molecule is CCC1CCC(c2ccc(C#Cc3ccc(C(F)(F)F)cc3)cc2)CC1. The fourth-order valence-corrected chi connectivity index (χ4v) is 3.63. The monoisotopic (exact) mass is 356 g/mol. The highest BCUT2D eigenvalue weighted by atomic mass is 19.4. The smallest absolute Gasteiger partial charge is 0.166 e. The predicted molar refractivity (Wildman–Crippen MR) is 98.9 cm³/mol. The molecule has 2 aromatic rings. The number of benzene rings is 2. The average molecular weight is 356 g/mol. The fourth-order valence-electron chi connectivity index (χ4n) is 3.63. The van der Waals surface area contributed by atoms with Crippen molar-refractivity contribution in [1.82, 2.24) is 0 Å². The van der Waals surface area contributed by atoms with Crippen molar-refractivity contribution in [3.05, 3.63) is 70.8 Å². The number of alkyl halides is 3. The van der Waals surface area contributed by atoms with Crippen LogP contribution in [-0.4, -0.2) is 0 Å². The highest BCUT2D eigenvalue weighted by molar-refractivity contribution is 5.44. The van der Waals surface area contributed by atoms with Crippen LogP contribution in [0.15, 0.2) is 48.5 Å². The van der Waals surface area contributed by atoms with Crippen LogP contribution in [0.1, 0.15) is 67.2 Å². The van der Waals surface area contributed by atoms with Gasteiger partial charge in [-0.05, 0) is 79.5 Å². The van der Waals surface area contributed by atoms with E-state index in [0.29, 0.717) is 11.5 Å².